The summed E-state index contributed by atoms with van der Waals surface area (Å²) in [5.74, 6) is -0.135. The smallest absolute Gasteiger partial charge is 0.313 e. The Kier molecular flexibility index (Phi) is 4.71. The van der Waals surface area contributed by atoms with Gasteiger partial charge in [0.25, 0.3) is 0 Å². The molecule has 0 aliphatic carbocycles. The first kappa shape index (κ1) is 15.3. The van der Waals surface area contributed by atoms with Crippen LogP contribution in [0.5, 0.6) is 0 Å². The molecule has 1 aromatic rings. The lowest BCUT2D eigenvalue weighted by Gasteiger charge is -2.30. The molecule has 20 heavy (non-hydrogen) atoms. The molecule has 1 aliphatic heterocycles. The number of carbonyl (C=O) groups is 1. The van der Waals surface area contributed by atoms with Crippen molar-refractivity contribution in [3.8, 4) is 0 Å². The average molecular weight is 296 g/mol. The molecule has 0 aromatic heterocycles. The number of benzene rings is 1. The molecule has 4 heteroatoms. The number of carbonyl (C=O) groups excluding carboxylic acids is 1. The van der Waals surface area contributed by atoms with Crippen LogP contribution >= 0.6 is 11.6 Å². The van der Waals surface area contributed by atoms with Crippen molar-refractivity contribution >= 4 is 17.6 Å². The Morgan fingerprint density at radius 2 is 2.20 bits per heavy atom. The fraction of sp³-hybridized carbons (Fsp3) is 0.562. The maximum Gasteiger partial charge on any atom is 0.313 e. The topological polar surface area (TPSA) is 38.3 Å². The first-order valence-electron chi connectivity index (χ1n) is 7.14. The van der Waals surface area contributed by atoms with Gasteiger partial charge in [0.2, 0.25) is 0 Å². The summed E-state index contributed by atoms with van der Waals surface area (Å²) >= 11 is 6.04. The van der Waals surface area contributed by atoms with E-state index in [0.717, 1.165) is 17.9 Å². The maximum atomic E-state index is 12.1. The Labute approximate surface area is 125 Å². The fourth-order valence-corrected chi connectivity index (χ4v) is 2.96. The summed E-state index contributed by atoms with van der Waals surface area (Å²) in [6.07, 6.45) is 1.97. The summed E-state index contributed by atoms with van der Waals surface area (Å²) < 4.78 is 5.18. The highest BCUT2D eigenvalue weighted by molar-refractivity contribution is 6.30. The van der Waals surface area contributed by atoms with Gasteiger partial charge in [0, 0.05) is 17.1 Å². The zero-order valence-electron chi connectivity index (χ0n) is 12.3. The molecular weight excluding hydrogens is 274 g/mol. The second-order valence-corrected chi connectivity index (χ2v) is 6.28. The number of nitrogens with one attached hydrogen (secondary N) is 1. The Hall–Kier alpha value is -1.06. The van der Waals surface area contributed by atoms with Gasteiger partial charge < -0.3 is 10.1 Å². The van der Waals surface area contributed by atoms with E-state index in [1.54, 1.807) is 0 Å². The molecule has 2 atom stereocenters. The quantitative estimate of drug-likeness (QED) is 0.860. The third-order valence-corrected chi connectivity index (χ3v) is 4.31. The molecule has 0 bridgehead atoms. The average Bonchev–Trinajstić information content (AvgIpc) is 2.89. The Bertz CT molecular complexity index is 487. The lowest BCUT2D eigenvalue weighted by Crippen LogP contribution is -2.44. The predicted molar refractivity (Wildman–Crippen MR) is 80.8 cm³/mol. The van der Waals surface area contributed by atoms with E-state index in [4.69, 9.17) is 16.3 Å². The molecule has 0 saturated carbocycles. The number of ether oxygens (including phenoxy) is 1. The second-order valence-electron chi connectivity index (χ2n) is 5.85. The summed E-state index contributed by atoms with van der Waals surface area (Å²) in [7, 11) is 0. The van der Waals surface area contributed by atoms with Gasteiger partial charge in [-0.05, 0) is 51.3 Å². The van der Waals surface area contributed by atoms with Gasteiger partial charge in [0.15, 0.2) is 0 Å². The van der Waals surface area contributed by atoms with Crippen molar-refractivity contribution in [1.82, 2.24) is 5.32 Å². The van der Waals surface area contributed by atoms with E-state index in [-0.39, 0.29) is 18.1 Å². The van der Waals surface area contributed by atoms with Gasteiger partial charge >= 0.3 is 5.97 Å². The Morgan fingerprint density at radius 3 is 2.85 bits per heavy atom. The first-order chi connectivity index (χ1) is 9.45. The van der Waals surface area contributed by atoms with Crippen molar-refractivity contribution < 1.29 is 9.53 Å². The number of halogens is 1. The molecule has 2 rings (SSSR count). The zero-order valence-corrected chi connectivity index (χ0v) is 13.0. The van der Waals surface area contributed by atoms with Gasteiger partial charge in [-0.25, -0.2) is 0 Å². The SMILES string of the molecule is CCOC(=O)C(C)(C)[C@H]1CC[C@@H](c2cccc(Cl)c2)N1. The van der Waals surface area contributed by atoms with Crippen molar-refractivity contribution in [3.05, 3.63) is 34.9 Å². The molecule has 1 saturated heterocycles. The second kappa shape index (κ2) is 6.15. The number of esters is 1. The Balaban J connectivity index is 2.07. The molecule has 1 N–H and O–H groups in total. The monoisotopic (exact) mass is 295 g/mol. The number of hydrogen-bond donors (Lipinski definition) is 1. The fourth-order valence-electron chi connectivity index (χ4n) is 2.76. The molecule has 3 nitrogen and oxygen atoms in total. The third-order valence-electron chi connectivity index (χ3n) is 4.07. The van der Waals surface area contributed by atoms with Crippen LogP contribution in [0.3, 0.4) is 0 Å². The van der Waals surface area contributed by atoms with Crippen LogP contribution in [0.1, 0.15) is 45.2 Å². The molecule has 0 amide bonds. The molecule has 0 unspecified atom stereocenters. The van der Waals surface area contributed by atoms with E-state index < -0.39 is 5.41 Å². The number of hydrogen-bond acceptors (Lipinski definition) is 3. The predicted octanol–water partition coefficient (Wildman–Crippen LogP) is 3.72. The summed E-state index contributed by atoms with van der Waals surface area (Å²) in [5.41, 5.74) is 0.670. The molecular formula is C16H22ClNO2. The van der Waals surface area contributed by atoms with Crippen LogP contribution < -0.4 is 5.32 Å². The highest BCUT2D eigenvalue weighted by Crippen LogP contribution is 2.36. The van der Waals surface area contributed by atoms with Crippen LogP contribution in [0.2, 0.25) is 5.02 Å². The van der Waals surface area contributed by atoms with Crippen LogP contribution in [-0.4, -0.2) is 18.6 Å². The minimum absolute atomic E-state index is 0.130. The zero-order chi connectivity index (χ0) is 14.8. The number of rotatable bonds is 4. The van der Waals surface area contributed by atoms with E-state index in [1.807, 2.05) is 39.0 Å². The van der Waals surface area contributed by atoms with Crippen molar-refractivity contribution in [3.63, 3.8) is 0 Å². The van der Waals surface area contributed by atoms with E-state index in [2.05, 4.69) is 11.4 Å². The third kappa shape index (κ3) is 3.15. The van der Waals surface area contributed by atoms with Gasteiger partial charge in [-0.3, -0.25) is 4.79 Å². The molecule has 1 aromatic carbocycles. The minimum atomic E-state index is -0.511. The van der Waals surface area contributed by atoms with Crippen molar-refractivity contribution in [2.45, 2.75) is 45.7 Å². The molecule has 0 spiro atoms. The molecule has 110 valence electrons. The Morgan fingerprint density at radius 1 is 1.45 bits per heavy atom. The normalized spacial score (nSPS) is 22.8. The van der Waals surface area contributed by atoms with Crippen LogP contribution in [0, 0.1) is 5.41 Å². The van der Waals surface area contributed by atoms with E-state index in [0.29, 0.717) is 6.61 Å². The minimum Gasteiger partial charge on any atom is -0.466 e. The van der Waals surface area contributed by atoms with Crippen molar-refractivity contribution in [2.75, 3.05) is 6.61 Å². The van der Waals surface area contributed by atoms with E-state index >= 15 is 0 Å². The van der Waals surface area contributed by atoms with Crippen LogP contribution in [0.15, 0.2) is 24.3 Å². The standard InChI is InChI=1S/C16H22ClNO2/c1-4-20-15(19)16(2,3)14-9-8-13(18-14)11-6-5-7-12(17)10-11/h5-7,10,13-14,18H,4,8-9H2,1-3H3/t13-,14+/m0/s1. The summed E-state index contributed by atoms with van der Waals surface area (Å²) in [4.78, 5) is 12.1. The summed E-state index contributed by atoms with van der Waals surface area (Å²) in [6, 6.07) is 8.28. The summed E-state index contributed by atoms with van der Waals surface area (Å²) in [5, 5.41) is 4.30. The van der Waals surface area contributed by atoms with Gasteiger partial charge in [-0.2, -0.15) is 0 Å². The van der Waals surface area contributed by atoms with Crippen LogP contribution in [-0.2, 0) is 9.53 Å². The highest BCUT2D eigenvalue weighted by Gasteiger charge is 2.42. The van der Waals surface area contributed by atoms with E-state index in [1.165, 1.54) is 5.56 Å². The van der Waals surface area contributed by atoms with Gasteiger partial charge in [-0.15, -0.1) is 0 Å². The molecule has 0 radical (unpaired) electrons. The highest BCUT2D eigenvalue weighted by atomic mass is 35.5. The lowest BCUT2D eigenvalue weighted by molar-refractivity contribution is -0.155. The van der Waals surface area contributed by atoms with E-state index in [9.17, 15) is 4.79 Å². The first-order valence-corrected chi connectivity index (χ1v) is 7.51. The van der Waals surface area contributed by atoms with Crippen LogP contribution in [0.4, 0.5) is 0 Å². The van der Waals surface area contributed by atoms with Gasteiger partial charge in [0.05, 0.1) is 12.0 Å². The molecule has 1 heterocycles. The van der Waals surface area contributed by atoms with Crippen molar-refractivity contribution in [1.29, 1.82) is 0 Å². The van der Waals surface area contributed by atoms with Gasteiger partial charge in [0.1, 0.15) is 0 Å². The van der Waals surface area contributed by atoms with Gasteiger partial charge in [-0.1, -0.05) is 23.7 Å². The molecule has 1 aliphatic rings. The molecule has 1 fully saturated rings. The lowest BCUT2D eigenvalue weighted by atomic mass is 9.83. The maximum absolute atomic E-state index is 12.1. The van der Waals surface area contributed by atoms with Crippen LogP contribution in [0.25, 0.3) is 0 Å². The summed E-state index contributed by atoms with van der Waals surface area (Å²) in [6.45, 7) is 6.16. The van der Waals surface area contributed by atoms with Crippen molar-refractivity contribution in [2.24, 2.45) is 5.41 Å². The largest absolute Gasteiger partial charge is 0.466 e.